The lowest BCUT2D eigenvalue weighted by atomic mass is 10.0. The molecule has 0 aliphatic carbocycles. The molecule has 18 heavy (non-hydrogen) atoms. The van der Waals surface area contributed by atoms with Gasteiger partial charge in [-0.1, -0.05) is 23.7 Å². The fourth-order valence-electron chi connectivity index (χ4n) is 2.35. The number of nitrogens with one attached hydrogen (secondary N) is 1. The minimum absolute atomic E-state index is 0.162. The summed E-state index contributed by atoms with van der Waals surface area (Å²) in [7, 11) is 0. The molecule has 0 bridgehead atoms. The summed E-state index contributed by atoms with van der Waals surface area (Å²) in [6.45, 7) is 5.94. The Balaban J connectivity index is 2.22. The fourth-order valence-corrected chi connectivity index (χ4v) is 2.54. The molecule has 1 aliphatic heterocycles. The standard InChI is InChI=1S/C14H18ClN3/c1-11-2-3-12(10-13(11)15)14(4-5-16)18-8-6-17-7-9-18/h2-3,10,14,17H,4,6-9H2,1H3/t14-/m1/s1. The van der Waals surface area contributed by atoms with E-state index in [1.807, 2.05) is 19.1 Å². The van der Waals surface area contributed by atoms with E-state index < -0.39 is 0 Å². The van der Waals surface area contributed by atoms with Gasteiger partial charge in [-0.15, -0.1) is 0 Å². The van der Waals surface area contributed by atoms with Crippen molar-refractivity contribution in [1.82, 2.24) is 10.2 Å². The van der Waals surface area contributed by atoms with E-state index in [1.165, 1.54) is 0 Å². The van der Waals surface area contributed by atoms with Crippen molar-refractivity contribution >= 4 is 11.6 Å². The largest absolute Gasteiger partial charge is 0.314 e. The van der Waals surface area contributed by atoms with E-state index in [-0.39, 0.29) is 6.04 Å². The molecule has 0 saturated carbocycles. The predicted octanol–water partition coefficient (Wildman–Crippen LogP) is 2.51. The Bertz CT molecular complexity index is 447. The zero-order valence-corrected chi connectivity index (χ0v) is 11.4. The van der Waals surface area contributed by atoms with Crippen LogP contribution in [0.1, 0.15) is 23.6 Å². The van der Waals surface area contributed by atoms with Gasteiger partial charge in [-0.3, -0.25) is 4.90 Å². The SMILES string of the molecule is Cc1ccc([C@@H](CC#N)N2CCNCC2)cc1Cl. The summed E-state index contributed by atoms with van der Waals surface area (Å²) in [6, 6.07) is 8.58. The van der Waals surface area contributed by atoms with Crippen LogP contribution in [0, 0.1) is 18.3 Å². The first-order valence-electron chi connectivity index (χ1n) is 6.30. The van der Waals surface area contributed by atoms with Crippen LogP contribution in [0.3, 0.4) is 0 Å². The molecular formula is C14H18ClN3. The van der Waals surface area contributed by atoms with Crippen molar-refractivity contribution in [3.8, 4) is 6.07 Å². The lowest BCUT2D eigenvalue weighted by molar-refractivity contribution is 0.175. The van der Waals surface area contributed by atoms with Crippen LogP contribution in [0.2, 0.25) is 5.02 Å². The third-order valence-electron chi connectivity index (χ3n) is 3.46. The van der Waals surface area contributed by atoms with Crippen molar-refractivity contribution in [3.63, 3.8) is 0 Å². The second-order valence-corrected chi connectivity index (χ2v) is 5.08. The Morgan fingerprint density at radius 3 is 2.78 bits per heavy atom. The zero-order valence-electron chi connectivity index (χ0n) is 10.6. The van der Waals surface area contributed by atoms with Gasteiger partial charge in [0, 0.05) is 37.2 Å². The van der Waals surface area contributed by atoms with Crippen LogP contribution in [0.4, 0.5) is 0 Å². The summed E-state index contributed by atoms with van der Waals surface area (Å²) >= 11 is 6.18. The molecule has 0 aromatic heterocycles. The molecule has 1 N–H and O–H groups in total. The minimum Gasteiger partial charge on any atom is -0.314 e. The van der Waals surface area contributed by atoms with E-state index in [4.69, 9.17) is 16.9 Å². The van der Waals surface area contributed by atoms with Crippen LogP contribution < -0.4 is 5.32 Å². The third kappa shape index (κ3) is 3.02. The van der Waals surface area contributed by atoms with Crippen LogP contribution in [0.5, 0.6) is 0 Å². The van der Waals surface area contributed by atoms with Gasteiger partial charge >= 0.3 is 0 Å². The second kappa shape index (κ2) is 6.19. The summed E-state index contributed by atoms with van der Waals surface area (Å²) in [4.78, 5) is 2.36. The highest BCUT2D eigenvalue weighted by Crippen LogP contribution is 2.28. The maximum absolute atomic E-state index is 9.03. The van der Waals surface area contributed by atoms with Crippen molar-refractivity contribution in [2.75, 3.05) is 26.2 Å². The quantitative estimate of drug-likeness (QED) is 0.911. The average molecular weight is 264 g/mol. The molecule has 1 atom stereocenters. The Kier molecular flexibility index (Phi) is 4.60. The van der Waals surface area contributed by atoms with Gasteiger partial charge < -0.3 is 5.32 Å². The number of hydrogen-bond donors (Lipinski definition) is 1. The number of aryl methyl sites for hydroxylation is 1. The summed E-state index contributed by atoms with van der Waals surface area (Å²) in [6.07, 6.45) is 0.513. The van der Waals surface area contributed by atoms with E-state index in [2.05, 4.69) is 22.4 Å². The number of hydrogen-bond acceptors (Lipinski definition) is 3. The van der Waals surface area contributed by atoms with Crippen molar-refractivity contribution in [2.24, 2.45) is 0 Å². The molecule has 0 amide bonds. The van der Waals surface area contributed by atoms with Gasteiger partial charge in [-0.2, -0.15) is 5.26 Å². The molecule has 1 aromatic rings. The minimum atomic E-state index is 0.162. The Morgan fingerprint density at radius 2 is 2.17 bits per heavy atom. The summed E-state index contributed by atoms with van der Waals surface area (Å²) in [5.41, 5.74) is 2.23. The van der Waals surface area contributed by atoms with E-state index in [0.717, 1.165) is 42.3 Å². The zero-order chi connectivity index (χ0) is 13.0. The number of nitriles is 1. The van der Waals surface area contributed by atoms with Crippen LogP contribution in [0.15, 0.2) is 18.2 Å². The van der Waals surface area contributed by atoms with Crippen LogP contribution in [0.25, 0.3) is 0 Å². The van der Waals surface area contributed by atoms with E-state index in [9.17, 15) is 0 Å². The second-order valence-electron chi connectivity index (χ2n) is 4.67. The van der Waals surface area contributed by atoms with Crippen molar-refractivity contribution < 1.29 is 0 Å². The number of benzene rings is 1. The summed E-state index contributed by atoms with van der Waals surface area (Å²) in [5.74, 6) is 0. The highest BCUT2D eigenvalue weighted by molar-refractivity contribution is 6.31. The molecule has 4 heteroatoms. The molecular weight excluding hydrogens is 246 g/mol. The Morgan fingerprint density at radius 1 is 1.44 bits per heavy atom. The number of nitrogens with zero attached hydrogens (tertiary/aromatic N) is 2. The number of piperazine rings is 1. The van der Waals surface area contributed by atoms with Gasteiger partial charge in [-0.25, -0.2) is 0 Å². The smallest absolute Gasteiger partial charge is 0.0641 e. The molecule has 96 valence electrons. The fraction of sp³-hybridized carbons (Fsp3) is 0.500. The van der Waals surface area contributed by atoms with E-state index >= 15 is 0 Å². The van der Waals surface area contributed by atoms with Gasteiger partial charge in [0.2, 0.25) is 0 Å². The highest BCUT2D eigenvalue weighted by atomic mass is 35.5. The molecule has 1 heterocycles. The van der Waals surface area contributed by atoms with Gasteiger partial charge in [0.1, 0.15) is 0 Å². The first kappa shape index (κ1) is 13.4. The molecule has 2 rings (SSSR count). The number of rotatable bonds is 3. The Labute approximate surface area is 113 Å². The first-order valence-corrected chi connectivity index (χ1v) is 6.68. The van der Waals surface area contributed by atoms with Crippen LogP contribution in [-0.4, -0.2) is 31.1 Å². The van der Waals surface area contributed by atoms with Crippen LogP contribution in [-0.2, 0) is 0 Å². The van der Waals surface area contributed by atoms with E-state index in [0.29, 0.717) is 6.42 Å². The van der Waals surface area contributed by atoms with Crippen molar-refractivity contribution in [2.45, 2.75) is 19.4 Å². The lowest BCUT2D eigenvalue weighted by Gasteiger charge is -2.34. The van der Waals surface area contributed by atoms with Crippen molar-refractivity contribution in [1.29, 1.82) is 5.26 Å². The van der Waals surface area contributed by atoms with Gasteiger partial charge in [0.15, 0.2) is 0 Å². The summed E-state index contributed by atoms with van der Waals surface area (Å²) < 4.78 is 0. The monoisotopic (exact) mass is 263 g/mol. The lowest BCUT2D eigenvalue weighted by Crippen LogP contribution is -2.45. The molecule has 3 nitrogen and oxygen atoms in total. The predicted molar refractivity (Wildman–Crippen MR) is 73.6 cm³/mol. The Hall–Kier alpha value is -1.08. The third-order valence-corrected chi connectivity index (χ3v) is 3.86. The first-order chi connectivity index (χ1) is 8.72. The number of halogens is 1. The summed E-state index contributed by atoms with van der Waals surface area (Å²) in [5, 5.41) is 13.1. The van der Waals surface area contributed by atoms with E-state index in [1.54, 1.807) is 0 Å². The molecule has 1 fully saturated rings. The van der Waals surface area contributed by atoms with Gasteiger partial charge in [-0.05, 0) is 24.1 Å². The van der Waals surface area contributed by atoms with Crippen molar-refractivity contribution in [3.05, 3.63) is 34.3 Å². The molecule has 0 unspecified atom stereocenters. The molecule has 1 aromatic carbocycles. The molecule has 0 spiro atoms. The molecule has 1 aliphatic rings. The topological polar surface area (TPSA) is 39.1 Å². The van der Waals surface area contributed by atoms with Crippen LogP contribution >= 0.6 is 11.6 Å². The van der Waals surface area contributed by atoms with Gasteiger partial charge in [0.25, 0.3) is 0 Å². The molecule has 0 radical (unpaired) electrons. The normalized spacial score (nSPS) is 18.3. The average Bonchev–Trinajstić information content (AvgIpc) is 2.40. The van der Waals surface area contributed by atoms with Gasteiger partial charge in [0.05, 0.1) is 12.5 Å². The maximum Gasteiger partial charge on any atom is 0.0641 e. The maximum atomic E-state index is 9.03. The molecule has 1 saturated heterocycles. The highest BCUT2D eigenvalue weighted by Gasteiger charge is 2.22.